The molecule has 0 spiro atoms. The number of carboxylic acids is 2. The number of ether oxygens (including phenoxy) is 2. The van der Waals surface area contributed by atoms with Crippen LogP contribution in [0.2, 0.25) is 0 Å². The molecule has 184 valence electrons. The van der Waals surface area contributed by atoms with Gasteiger partial charge in [0.2, 0.25) is 5.91 Å². The second kappa shape index (κ2) is 13.8. The number of amides is 1. The summed E-state index contributed by atoms with van der Waals surface area (Å²) in [5, 5.41) is 24.2. The van der Waals surface area contributed by atoms with E-state index in [1.165, 1.54) is 0 Å². The first kappa shape index (κ1) is 26.7. The molecule has 0 aliphatic carbocycles. The van der Waals surface area contributed by atoms with E-state index in [1.807, 2.05) is 31.2 Å². The number of hydrogen-bond donors (Lipinski definition) is 4. The van der Waals surface area contributed by atoms with E-state index >= 15 is 0 Å². The van der Waals surface area contributed by atoms with Gasteiger partial charge in [0.1, 0.15) is 17.5 Å². The third-order valence-corrected chi connectivity index (χ3v) is 5.18. The molecule has 0 saturated heterocycles. The molecule has 2 aromatic rings. The average molecular weight is 473 g/mol. The summed E-state index contributed by atoms with van der Waals surface area (Å²) in [4.78, 5) is 35.7. The molecular formula is C25H32N2O7. The molecule has 9 nitrogen and oxygen atoms in total. The standard InChI is InChI=1S/C25H32N2O7/c1-3-34-22-15-19(33-2)12-11-18(22)10-7-13-26-20(16-23(28)29)24(30)27-21(25(31)32)14-17-8-5-4-6-9-17/h4-6,8-9,11-12,15,20-21,26H,3,7,10,13-14,16H2,1-2H3,(H,27,30)(H,28,29)(H,31,32)/t20-,21-/m0/s1. The van der Waals surface area contributed by atoms with Crippen molar-refractivity contribution in [1.29, 1.82) is 0 Å². The van der Waals surface area contributed by atoms with Crippen LogP contribution in [0.5, 0.6) is 11.5 Å². The number of carbonyl (C=O) groups excluding carboxylic acids is 1. The van der Waals surface area contributed by atoms with Crippen LogP contribution in [0, 0.1) is 0 Å². The largest absolute Gasteiger partial charge is 0.497 e. The van der Waals surface area contributed by atoms with Crippen LogP contribution in [0.25, 0.3) is 0 Å². The van der Waals surface area contributed by atoms with Crippen molar-refractivity contribution >= 4 is 17.8 Å². The smallest absolute Gasteiger partial charge is 0.326 e. The van der Waals surface area contributed by atoms with E-state index in [4.69, 9.17) is 9.47 Å². The fourth-order valence-electron chi connectivity index (χ4n) is 3.47. The second-order valence-electron chi connectivity index (χ2n) is 7.70. The third-order valence-electron chi connectivity index (χ3n) is 5.18. The zero-order valence-corrected chi connectivity index (χ0v) is 19.5. The van der Waals surface area contributed by atoms with Crippen molar-refractivity contribution in [1.82, 2.24) is 10.6 Å². The molecule has 2 rings (SSSR count). The molecule has 0 fully saturated rings. The van der Waals surface area contributed by atoms with Gasteiger partial charge in [-0.2, -0.15) is 0 Å². The summed E-state index contributed by atoms with van der Waals surface area (Å²) < 4.78 is 10.9. The van der Waals surface area contributed by atoms with Crippen LogP contribution < -0.4 is 20.1 Å². The van der Waals surface area contributed by atoms with E-state index in [9.17, 15) is 24.6 Å². The summed E-state index contributed by atoms with van der Waals surface area (Å²) in [6.07, 6.45) is 0.886. The molecule has 2 atom stereocenters. The second-order valence-corrected chi connectivity index (χ2v) is 7.70. The highest BCUT2D eigenvalue weighted by Crippen LogP contribution is 2.26. The molecule has 2 aromatic carbocycles. The lowest BCUT2D eigenvalue weighted by atomic mass is 10.0. The Bertz CT molecular complexity index is 950. The lowest BCUT2D eigenvalue weighted by Crippen LogP contribution is -2.51. The van der Waals surface area contributed by atoms with E-state index in [0.717, 1.165) is 11.1 Å². The number of nitrogens with one attached hydrogen (secondary N) is 2. The SMILES string of the molecule is CCOc1cc(OC)ccc1CCCN[C@@H](CC(=O)O)C(=O)N[C@@H](Cc1ccccc1)C(=O)O. The summed E-state index contributed by atoms with van der Waals surface area (Å²) in [7, 11) is 1.58. The van der Waals surface area contributed by atoms with Crippen molar-refractivity contribution in [2.24, 2.45) is 0 Å². The maximum Gasteiger partial charge on any atom is 0.326 e. The first-order chi connectivity index (χ1) is 16.3. The van der Waals surface area contributed by atoms with E-state index in [0.29, 0.717) is 37.5 Å². The topological polar surface area (TPSA) is 134 Å². The molecular weight excluding hydrogens is 440 g/mol. The van der Waals surface area contributed by atoms with Gasteiger partial charge in [0.25, 0.3) is 0 Å². The normalized spacial score (nSPS) is 12.4. The highest BCUT2D eigenvalue weighted by molar-refractivity contribution is 5.89. The number of aliphatic carboxylic acids is 2. The molecule has 4 N–H and O–H groups in total. The molecule has 0 aliphatic heterocycles. The molecule has 34 heavy (non-hydrogen) atoms. The molecule has 0 radical (unpaired) electrons. The zero-order chi connectivity index (χ0) is 24.9. The van der Waals surface area contributed by atoms with Gasteiger partial charge in [-0.1, -0.05) is 36.4 Å². The zero-order valence-electron chi connectivity index (χ0n) is 19.5. The van der Waals surface area contributed by atoms with E-state index in [1.54, 1.807) is 31.4 Å². The number of carboxylic acid groups (broad SMARTS) is 2. The molecule has 0 bridgehead atoms. The van der Waals surface area contributed by atoms with Gasteiger partial charge in [-0.15, -0.1) is 0 Å². The highest BCUT2D eigenvalue weighted by Gasteiger charge is 2.27. The Morgan fingerprint density at radius 3 is 2.38 bits per heavy atom. The summed E-state index contributed by atoms with van der Waals surface area (Å²) in [5.74, 6) is -1.60. The molecule has 1 amide bonds. The van der Waals surface area contributed by atoms with Crippen LogP contribution in [0.3, 0.4) is 0 Å². The van der Waals surface area contributed by atoms with Crippen molar-refractivity contribution in [3.05, 3.63) is 59.7 Å². The predicted molar refractivity (Wildman–Crippen MR) is 126 cm³/mol. The minimum absolute atomic E-state index is 0.0966. The van der Waals surface area contributed by atoms with E-state index in [-0.39, 0.29) is 6.42 Å². The van der Waals surface area contributed by atoms with Gasteiger partial charge in [0.05, 0.1) is 26.2 Å². The monoisotopic (exact) mass is 472 g/mol. The van der Waals surface area contributed by atoms with Gasteiger partial charge in [-0.3, -0.25) is 9.59 Å². The van der Waals surface area contributed by atoms with Crippen LogP contribution in [0.4, 0.5) is 0 Å². The van der Waals surface area contributed by atoms with Crippen LogP contribution in [-0.4, -0.2) is 60.4 Å². The Hall–Kier alpha value is -3.59. The highest BCUT2D eigenvalue weighted by atomic mass is 16.5. The Labute approximate surface area is 199 Å². The van der Waals surface area contributed by atoms with E-state index < -0.39 is 36.4 Å². The molecule has 0 unspecified atom stereocenters. The minimum Gasteiger partial charge on any atom is -0.497 e. The molecule has 0 saturated carbocycles. The minimum atomic E-state index is -1.19. The number of aryl methyl sites for hydroxylation is 1. The maximum absolute atomic E-state index is 12.7. The van der Waals surface area contributed by atoms with Crippen LogP contribution in [0.15, 0.2) is 48.5 Å². The first-order valence-electron chi connectivity index (χ1n) is 11.2. The van der Waals surface area contributed by atoms with Crippen molar-refractivity contribution in [2.45, 2.75) is 44.7 Å². The maximum atomic E-state index is 12.7. The molecule has 0 aromatic heterocycles. The van der Waals surface area contributed by atoms with E-state index in [2.05, 4.69) is 10.6 Å². The van der Waals surface area contributed by atoms with Crippen molar-refractivity contribution in [3.8, 4) is 11.5 Å². The van der Waals surface area contributed by atoms with Gasteiger partial charge >= 0.3 is 11.9 Å². The Morgan fingerprint density at radius 1 is 1.03 bits per heavy atom. The summed E-state index contributed by atoms with van der Waals surface area (Å²) >= 11 is 0. The van der Waals surface area contributed by atoms with Gasteiger partial charge in [-0.25, -0.2) is 4.79 Å². The molecule has 9 heteroatoms. The number of rotatable bonds is 15. The van der Waals surface area contributed by atoms with Gasteiger partial charge in [0.15, 0.2) is 0 Å². The summed E-state index contributed by atoms with van der Waals surface area (Å²) in [6, 6.07) is 12.2. The van der Waals surface area contributed by atoms with Crippen molar-refractivity contribution < 1.29 is 34.1 Å². The Morgan fingerprint density at radius 2 is 1.76 bits per heavy atom. The van der Waals surface area contributed by atoms with Gasteiger partial charge in [-0.05, 0) is 43.5 Å². The number of methoxy groups -OCH3 is 1. The van der Waals surface area contributed by atoms with Crippen LogP contribution in [0.1, 0.15) is 30.9 Å². The summed E-state index contributed by atoms with van der Waals surface area (Å²) in [5.41, 5.74) is 1.72. The molecule has 0 heterocycles. The van der Waals surface area contributed by atoms with Gasteiger partial charge in [0, 0.05) is 12.5 Å². The van der Waals surface area contributed by atoms with Gasteiger partial charge < -0.3 is 30.3 Å². The lowest BCUT2D eigenvalue weighted by Gasteiger charge is -2.21. The third kappa shape index (κ3) is 8.74. The van der Waals surface area contributed by atoms with Crippen molar-refractivity contribution in [3.63, 3.8) is 0 Å². The average Bonchev–Trinajstić information content (AvgIpc) is 2.81. The number of hydrogen-bond acceptors (Lipinski definition) is 6. The quantitative estimate of drug-likeness (QED) is 0.290. The Balaban J connectivity index is 1.96. The number of benzene rings is 2. The van der Waals surface area contributed by atoms with Crippen molar-refractivity contribution in [2.75, 3.05) is 20.3 Å². The number of carbonyl (C=O) groups is 3. The first-order valence-corrected chi connectivity index (χ1v) is 11.2. The lowest BCUT2D eigenvalue weighted by molar-refractivity contribution is -0.143. The van der Waals surface area contributed by atoms with Crippen LogP contribution >= 0.6 is 0 Å². The Kier molecular flexibility index (Phi) is 10.9. The van der Waals surface area contributed by atoms with Crippen LogP contribution in [-0.2, 0) is 27.2 Å². The summed E-state index contributed by atoms with van der Waals surface area (Å²) in [6.45, 7) is 2.76. The molecule has 0 aliphatic rings. The fraction of sp³-hybridized carbons (Fsp3) is 0.400. The fourth-order valence-corrected chi connectivity index (χ4v) is 3.47. The predicted octanol–water partition coefficient (Wildman–Crippen LogP) is 2.27.